The van der Waals surface area contributed by atoms with E-state index in [9.17, 15) is 0 Å². The topological polar surface area (TPSA) is 61.4 Å². The summed E-state index contributed by atoms with van der Waals surface area (Å²) in [5, 5.41) is 10.7. The van der Waals surface area contributed by atoms with Crippen LogP contribution >= 0.6 is 11.6 Å². The first kappa shape index (κ1) is 18.8. The van der Waals surface area contributed by atoms with E-state index in [2.05, 4.69) is 38.8 Å². The molecule has 3 rings (SSSR count). The van der Waals surface area contributed by atoms with Gasteiger partial charge in [0.15, 0.2) is 0 Å². The summed E-state index contributed by atoms with van der Waals surface area (Å²) in [7, 11) is -1.57. The molecule has 0 saturated carbocycles. The van der Waals surface area contributed by atoms with Crippen molar-refractivity contribution in [3.8, 4) is 0 Å². The van der Waals surface area contributed by atoms with E-state index in [0.29, 0.717) is 0 Å². The van der Waals surface area contributed by atoms with Crippen LogP contribution in [0.4, 0.5) is 0 Å². The Hall–Kier alpha value is -1.99. The Bertz CT molecular complexity index is 760. The minimum absolute atomic E-state index is 0.805. The molecule has 0 bridgehead atoms. The quantitative estimate of drug-likeness (QED) is 0.394. The van der Waals surface area contributed by atoms with E-state index < -0.39 is 8.07 Å². The lowest BCUT2D eigenvalue weighted by Gasteiger charge is -2.28. The van der Waals surface area contributed by atoms with E-state index in [0.717, 1.165) is 31.0 Å². The molecule has 0 radical (unpaired) electrons. The fourth-order valence-electron chi connectivity index (χ4n) is 3.38. The average molecular weight is 389 g/mol. The van der Waals surface area contributed by atoms with Crippen molar-refractivity contribution in [1.82, 2.24) is 29.5 Å². The molecule has 0 amide bonds. The van der Waals surface area contributed by atoms with Crippen LogP contribution in [0.25, 0.3) is 0 Å². The number of nitrogens with zero attached hydrogens (tertiary/aromatic N) is 6. The Morgan fingerprint density at radius 2 is 1.42 bits per heavy atom. The molecule has 1 atom stereocenters. The summed E-state index contributed by atoms with van der Waals surface area (Å²) < 4.78 is 3.83. The third-order valence-electron chi connectivity index (χ3n) is 4.96. The summed E-state index contributed by atoms with van der Waals surface area (Å²) in [4.78, 5) is 8.03. The largest absolute Gasteiger partial charge is 0.253 e. The van der Waals surface area contributed by atoms with Gasteiger partial charge in [0.05, 0.1) is 8.07 Å². The Morgan fingerprint density at radius 3 is 2.00 bits per heavy atom. The van der Waals surface area contributed by atoms with Crippen molar-refractivity contribution >= 4 is 24.9 Å². The maximum Gasteiger partial charge on any atom is 0.137 e. The third kappa shape index (κ3) is 5.25. The average Bonchev–Trinajstić information content (AvgIpc) is 3.33. The number of halogens is 1. The molecular weight excluding hydrogens is 364 g/mol. The van der Waals surface area contributed by atoms with Gasteiger partial charge in [-0.25, -0.2) is 9.97 Å². The molecule has 2 heterocycles. The predicted molar refractivity (Wildman–Crippen MR) is 106 cm³/mol. The van der Waals surface area contributed by atoms with E-state index in [1.54, 1.807) is 25.3 Å². The second-order valence-corrected chi connectivity index (χ2v) is 12.1. The smallest absolute Gasteiger partial charge is 0.137 e. The Morgan fingerprint density at radius 1 is 0.846 bits per heavy atom. The van der Waals surface area contributed by atoms with Crippen LogP contribution in [0, 0.1) is 0 Å². The third-order valence-corrected chi connectivity index (χ3v) is 9.85. The van der Waals surface area contributed by atoms with Crippen LogP contribution in [0.15, 0.2) is 49.6 Å². The van der Waals surface area contributed by atoms with Gasteiger partial charge in [-0.3, -0.25) is 9.36 Å². The highest BCUT2D eigenvalue weighted by molar-refractivity contribution is 6.90. The van der Waals surface area contributed by atoms with Crippen molar-refractivity contribution < 1.29 is 0 Å². The Kier molecular flexibility index (Phi) is 6.57. The van der Waals surface area contributed by atoms with Gasteiger partial charge in [0.1, 0.15) is 25.3 Å². The molecule has 0 saturated heterocycles. The van der Waals surface area contributed by atoms with Gasteiger partial charge in [0.2, 0.25) is 0 Å². The van der Waals surface area contributed by atoms with Crippen molar-refractivity contribution in [2.24, 2.45) is 0 Å². The van der Waals surface area contributed by atoms with Crippen molar-refractivity contribution in [3.05, 3.63) is 54.6 Å². The standard InChI is InChI=1S/C18H25ClN6Si/c1-26(18-7-5-17(19)6-8-18,12-4-10-25-16-21-14-23-25)11-3-2-9-24-15-20-13-22-24/h5-8,13-16H,2-4,9-12H2,1H3. The molecule has 2 aromatic heterocycles. The molecular formula is C18H25ClN6Si. The van der Waals surface area contributed by atoms with Crippen molar-refractivity contribution in [3.63, 3.8) is 0 Å². The summed E-state index contributed by atoms with van der Waals surface area (Å²) in [5.74, 6) is 0. The highest BCUT2D eigenvalue weighted by Crippen LogP contribution is 2.22. The van der Waals surface area contributed by atoms with E-state index in [4.69, 9.17) is 11.6 Å². The molecule has 26 heavy (non-hydrogen) atoms. The summed E-state index contributed by atoms with van der Waals surface area (Å²) >= 11 is 6.10. The lowest BCUT2D eigenvalue weighted by Crippen LogP contribution is -2.44. The van der Waals surface area contributed by atoms with Crippen molar-refractivity contribution in [2.75, 3.05) is 0 Å². The molecule has 0 fully saturated rings. The van der Waals surface area contributed by atoms with E-state index in [1.165, 1.54) is 23.7 Å². The minimum atomic E-state index is -1.57. The fourth-order valence-corrected chi connectivity index (χ4v) is 7.28. The van der Waals surface area contributed by atoms with Crippen LogP contribution in [0.3, 0.4) is 0 Å². The van der Waals surface area contributed by atoms with Gasteiger partial charge in [-0.1, -0.05) is 54.0 Å². The Labute approximate surface area is 160 Å². The number of aromatic nitrogens is 6. The molecule has 3 aromatic rings. The lowest BCUT2D eigenvalue weighted by molar-refractivity contribution is 0.567. The summed E-state index contributed by atoms with van der Waals surface area (Å²) in [6.45, 7) is 4.35. The number of hydrogen-bond donors (Lipinski definition) is 0. The molecule has 8 heteroatoms. The number of hydrogen-bond acceptors (Lipinski definition) is 4. The van der Waals surface area contributed by atoms with Crippen LogP contribution in [-0.4, -0.2) is 37.6 Å². The van der Waals surface area contributed by atoms with Gasteiger partial charge in [-0.2, -0.15) is 10.2 Å². The SMILES string of the molecule is C[Si](CCCCn1cncn1)(CCCn1cncn1)c1ccc(Cl)cc1. The number of benzene rings is 1. The molecule has 0 aliphatic carbocycles. The molecule has 1 unspecified atom stereocenters. The normalized spacial score (nSPS) is 13.6. The molecule has 0 aliphatic heterocycles. The Balaban J connectivity index is 1.59. The maximum atomic E-state index is 6.10. The lowest BCUT2D eigenvalue weighted by atomic mass is 10.3. The molecule has 6 nitrogen and oxygen atoms in total. The second kappa shape index (κ2) is 9.09. The van der Waals surface area contributed by atoms with Crippen LogP contribution in [-0.2, 0) is 13.1 Å². The van der Waals surface area contributed by atoms with Gasteiger partial charge in [-0.15, -0.1) is 0 Å². The summed E-state index contributed by atoms with van der Waals surface area (Å²) in [5.41, 5.74) is 0. The predicted octanol–water partition coefficient (Wildman–Crippen LogP) is 3.38. The zero-order valence-corrected chi connectivity index (χ0v) is 16.9. The van der Waals surface area contributed by atoms with E-state index in [-0.39, 0.29) is 0 Å². The van der Waals surface area contributed by atoms with Gasteiger partial charge in [0, 0.05) is 18.1 Å². The maximum absolute atomic E-state index is 6.10. The zero-order valence-electron chi connectivity index (χ0n) is 15.1. The van der Waals surface area contributed by atoms with Crippen LogP contribution in [0.2, 0.25) is 23.7 Å². The summed E-state index contributed by atoms with van der Waals surface area (Å²) in [6.07, 6.45) is 10.2. The van der Waals surface area contributed by atoms with E-state index >= 15 is 0 Å². The molecule has 0 N–H and O–H groups in total. The zero-order chi connectivity index (χ0) is 18.2. The minimum Gasteiger partial charge on any atom is -0.253 e. The first-order valence-corrected chi connectivity index (χ1v) is 12.4. The molecule has 0 spiro atoms. The van der Waals surface area contributed by atoms with E-state index in [1.807, 2.05) is 21.5 Å². The monoisotopic (exact) mass is 388 g/mol. The van der Waals surface area contributed by atoms with Crippen LogP contribution in [0.5, 0.6) is 0 Å². The van der Waals surface area contributed by atoms with Crippen molar-refractivity contribution in [2.45, 2.75) is 51.0 Å². The van der Waals surface area contributed by atoms with Crippen LogP contribution < -0.4 is 5.19 Å². The first-order valence-electron chi connectivity index (χ1n) is 9.07. The van der Waals surface area contributed by atoms with Gasteiger partial charge in [0.25, 0.3) is 0 Å². The highest BCUT2D eigenvalue weighted by atomic mass is 35.5. The van der Waals surface area contributed by atoms with Crippen molar-refractivity contribution in [1.29, 1.82) is 0 Å². The fraction of sp³-hybridized carbons (Fsp3) is 0.444. The highest BCUT2D eigenvalue weighted by Gasteiger charge is 2.28. The second-order valence-electron chi connectivity index (χ2n) is 6.95. The van der Waals surface area contributed by atoms with Gasteiger partial charge in [-0.05, 0) is 25.0 Å². The van der Waals surface area contributed by atoms with Crippen LogP contribution in [0.1, 0.15) is 19.3 Å². The molecule has 0 aliphatic rings. The number of unbranched alkanes of at least 4 members (excludes halogenated alkanes) is 1. The number of aryl methyl sites for hydroxylation is 2. The number of rotatable bonds is 10. The van der Waals surface area contributed by atoms with Gasteiger partial charge >= 0.3 is 0 Å². The molecule has 1 aromatic carbocycles. The molecule has 138 valence electrons. The van der Waals surface area contributed by atoms with Gasteiger partial charge < -0.3 is 0 Å². The first-order chi connectivity index (χ1) is 12.7. The summed E-state index contributed by atoms with van der Waals surface area (Å²) in [6, 6.07) is 11.0.